The summed E-state index contributed by atoms with van der Waals surface area (Å²) in [7, 11) is 1.76. The van der Waals surface area contributed by atoms with Crippen LogP contribution in [0.25, 0.3) is 21.7 Å². The zero-order valence-electron chi connectivity index (χ0n) is 73.4. The molecule has 1 aliphatic heterocycles. The molecule has 29 N–H and O–H groups in total. The molecule has 0 saturated carbocycles. The Balaban J connectivity index is 1.54. The molecule has 0 aliphatic carbocycles. The summed E-state index contributed by atoms with van der Waals surface area (Å²) in [5.41, 5.74) is 34.5. The number of aromatic amines is 1. The van der Waals surface area contributed by atoms with Crippen LogP contribution in [0.2, 0.25) is 0 Å². The Morgan fingerprint density at radius 1 is 0.578 bits per heavy atom. The smallest absolute Gasteiger partial charge is 0.312 e. The van der Waals surface area contributed by atoms with E-state index in [0.717, 1.165) is 53.3 Å². The molecule has 6 rings (SSSR count). The average Bonchev–Trinajstić information content (AvgIpc) is 1.61. The number of amides is 18. The van der Waals surface area contributed by atoms with E-state index in [9.17, 15) is 63.0 Å². The minimum absolute atomic E-state index is 0.101. The number of aromatic nitrogens is 1. The van der Waals surface area contributed by atoms with Crippen LogP contribution in [0.1, 0.15) is 149 Å². The van der Waals surface area contributed by atoms with Gasteiger partial charge in [-0.05, 0) is 158 Å². The number of aryl methyl sites for hydroxylation is 1. The lowest BCUT2D eigenvalue weighted by atomic mass is 9.91. The topological polar surface area (TPSA) is 680 Å². The molecular weight excluding hydrogens is 1700 g/mol. The molecule has 4 aromatic carbocycles. The Hall–Kier alpha value is -12.2. The predicted octanol–water partition coefficient (Wildman–Crippen LogP) is -2.94. The molecule has 700 valence electrons. The maximum atomic E-state index is 16.3. The summed E-state index contributed by atoms with van der Waals surface area (Å²) in [5, 5.41) is 60.1. The van der Waals surface area contributed by atoms with Crippen LogP contribution in [-0.2, 0) is 96.0 Å². The SMILES string of the molecule is CC(=O)NCCCC[C@H](NC(=O)C(C)(CCCCN)NC(=O)[C@H](Cc1ccc2ccccc2c1)NC(=O)[C@H](Cc1ccc(OCCN)cc1)NC(=O)[C@H]1NC(=O)[C@H](CCCNC(N)=O)NC(=O)[C@H](Cc2c[nH]c3c(C)cccc23)NC(=O)[C@H]([C@@H](C)O)NC(=O)[C@H](CC(N)=O)NC(=O)[C@@H](NC(C)=O)C(C)(C)SSC1(C)C)C(=O)N[C@@H](CC(N)=O)C(=O)N[C@@H](C(N)=O)[C@H](C)O. The Labute approximate surface area is 748 Å². The number of primary amides is 4. The minimum atomic E-state index is -2.06. The van der Waals surface area contributed by atoms with E-state index in [0.29, 0.717) is 38.7 Å². The van der Waals surface area contributed by atoms with E-state index in [1.165, 1.54) is 41.5 Å². The third kappa shape index (κ3) is 32.3. The number of unbranched alkanes of at least 4 members (excludes halogenated alkanes) is 2. The summed E-state index contributed by atoms with van der Waals surface area (Å²) >= 11 is 0. The number of hydrogen-bond acceptors (Lipinski definition) is 24. The number of aliphatic hydroxyl groups excluding tert-OH is 2. The lowest BCUT2D eigenvalue weighted by molar-refractivity contribution is -0.138. The van der Waals surface area contributed by atoms with Gasteiger partial charge >= 0.3 is 6.03 Å². The van der Waals surface area contributed by atoms with E-state index < -0.39 is 208 Å². The second-order valence-corrected chi connectivity index (χ2v) is 36.3. The highest BCUT2D eigenvalue weighted by atomic mass is 33.1. The van der Waals surface area contributed by atoms with Crippen LogP contribution in [0.15, 0.2) is 91.1 Å². The highest BCUT2D eigenvalue weighted by molar-refractivity contribution is 8.77. The molecule has 1 aromatic heterocycles. The van der Waals surface area contributed by atoms with Crippen molar-refractivity contribution in [2.75, 3.05) is 32.8 Å². The van der Waals surface area contributed by atoms with Gasteiger partial charge in [0.2, 0.25) is 94.5 Å². The number of benzene rings is 4. The van der Waals surface area contributed by atoms with Crippen molar-refractivity contribution >= 4 is 144 Å². The van der Waals surface area contributed by atoms with Crippen LogP contribution in [0.3, 0.4) is 0 Å². The van der Waals surface area contributed by atoms with Crippen LogP contribution in [0.5, 0.6) is 5.75 Å². The first-order valence-corrected chi connectivity index (χ1v) is 44.1. The van der Waals surface area contributed by atoms with Crippen LogP contribution in [0.4, 0.5) is 4.79 Å². The first-order chi connectivity index (χ1) is 60.3. The van der Waals surface area contributed by atoms with Gasteiger partial charge in [-0.15, -0.1) is 0 Å². The zero-order chi connectivity index (χ0) is 95.1. The molecule has 18 amide bonds. The Morgan fingerprint density at radius 3 is 1.80 bits per heavy atom. The van der Waals surface area contributed by atoms with Gasteiger partial charge in [0, 0.05) is 79.3 Å². The van der Waals surface area contributed by atoms with Gasteiger partial charge < -0.3 is 129 Å². The van der Waals surface area contributed by atoms with Gasteiger partial charge in [-0.25, -0.2) is 4.79 Å². The summed E-state index contributed by atoms with van der Waals surface area (Å²) in [5.74, 6) is -16.3. The minimum Gasteiger partial charge on any atom is -0.492 e. The lowest BCUT2D eigenvalue weighted by Crippen LogP contribution is -2.65. The molecule has 2 heterocycles. The second-order valence-electron chi connectivity index (χ2n) is 32.9. The number of nitrogens with two attached hydrogens (primary N) is 6. The van der Waals surface area contributed by atoms with Crippen molar-refractivity contribution in [3.63, 3.8) is 0 Å². The summed E-state index contributed by atoms with van der Waals surface area (Å²) in [6.07, 6.45) is -4.68. The number of para-hydroxylation sites is 1. The molecule has 128 heavy (non-hydrogen) atoms. The molecule has 1 saturated heterocycles. The van der Waals surface area contributed by atoms with Crippen LogP contribution < -0.4 is 114 Å². The molecular formula is C85H123N21O20S2. The standard InChI is InChI=1S/C85H123N21O20S2/c1-44-19-17-22-55-53(43-94-65(44)55)40-60-74(117)96-56(24-18-35-93-82(91)125)72(115)105-69(84(8,9)128-127-83(6,7)68(95-48(5)110)79(122)101-62(42-64(89)112)76(119)104-67(46(3)108)78(121)99-60)80(123)100-58(38-49-26-29-54(30-27-49)126-36-33-87)73(116)97-59(39-50-25-28-51-20-11-12-21-52(51)37-50)77(120)106-85(10,31-14-15-32-86)81(124)102-57(23-13-16-34-92-47(4)109)71(114)98-61(41-63(88)111)75(118)103-66(45(2)107)70(90)113/h11-12,17,19-22,25-30,37,43,45-46,56-62,66-69,94,107-108H,13-16,18,23-24,31-36,38-42,86-87H2,1-10H3,(H2,88,111)(H2,89,112)(H2,90,113)(H,92,109)(H,95,110)(H,96,117)(H,97,116)(H,98,114)(H,99,121)(H,100,123)(H,101,122)(H,102,124)(H,103,118)(H,104,119)(H,105,115)(H,106,120)(H3,91,93,125)/t45-,46+,56-,57-,58-,59-,60-,61-,62-,66+,67-,68+,69+,85?/m0/s1. The van der Waals surface area contributed by atoms with Crippen LogP contribution in [0, 0.1) is 6.92 Å². The van der Waals surface area contributed by atoms with E-state index in [1.807, 2.05) is 25.1 Å². The van der Waals surface area contributed by atoms with Crippen molar-refractivity contribution in [1.82, 2.24) is 79.4 Å². The molecule has 1 fully saturated rings. The number of carbonyl (C=O) groups is 17. The fraction of sp³-hybridized carbons (Fsp3) is 0.518. The summed E-state index contributed by atoms with van der Waals surface area (Å²) in [4.78, 5) is 245. The maximum Gasteiger partial charge on any atom is 0.312 e. The lowest BCUT2D eigenvalue weighted by Gasteiger charge is -2.39. The molecule has 14 atom stereocenters. The first-order valence-electron chi connectivity index (χ1n) is 41.9. The monoisotopic (exact) mass is 1820 g/mol. The fourth-order valence-electron chi connectivity index (χ4n) is 14.1. The third-order valence-corrected chi connectivity index (χ3v) is 25.4. The van der Waals surface area contributed by atoms with Gasteiger partial charge in [0.05, 0.1) is 25.0 Å². The summed E-state index contributed by atoms with van der Waals surface area (Å²) < 4.78 is 2.50. The fourth-order valence-corrected chi connectivity index (χ4v) is 16.9. The number of aliphatic hydroxyl groups is 2. The quantitative estimate of drug-likeness (QED) is 0.0137. The number of urea groups is 1. The second kappa shape index (κ2) is 49.2. The number of ether oxygens (including phenoxy) is 1. The number of H-pyrrole nitrogens is 1. The van der Waals surface area contributed by atoms with Crippen molar-refractivity contribution in [3.8, 4) is 5.75 Å². The Morgan fingerprint density at radius 2 is 1.18 bits per heavy atom. The molecule has 43 heteroatoms. The summed E-state index contributed by atoms with van der Waals surface area (Å²) in [6.45, 7) is 14.1. The predicted molar refractivity (Wildman–Crippen MR) is 478 cm³/mol. The van der Waals surface area contributed by atoms with Gasteiger partial charge in [0.15, 0.2) is 0 Å². The number of nitrogens with one attached hydrogen (secondary N) is 15. The molecule has 1 unspecified atom stereocenters. The highest BCUT2D eigenvalue weighted by Crippen LogP contribution is 2.47. The van der Waals surface area contributed by atoms with Gasteiger partial charge in [0.1, 0.15) is 84.4 Å². The van der Waals surface area contributed by atoms with E-state index in [2.05, 4.69) is 79.4 Å². The normalized spacial score (nSPS) is 19.6. The number of hydrogen-bond donors (Lipinski definition) is 23. The third-order valence-electron chi connectivity index (χ3n) is 21.1. The summed E-state index contributed by atoms with van der Waals surface area (Å²) in [6, 6.07) is 3.64. The first kappa shape index (κ1) is 105. The number of rotatable bonds is 42. The van der Waals surface area contributed by atoms with Gasteiger partial charge in [-0.1, -0.05) is 94.4 Å². The van der Waals surface area contributed by atoms with Gasteiger partial charge in [-0.3, -0.25) is 76.7 Å². The maximum absolute atomic E-state index is 16.3. The molecule has 41 nitrogen and oxygen atoms in total. The zero-order valence-corrected chi connectivity index (χ0v) is 75.1. The van der Waals surface area contributed by atoms with Crippen molar-refractivity contribution in [3.05, 3.63) is 113 Å². The molecule has 5 aromatic rings. The molecule has 0 bridgehead atoms. The van der Waals surface area contributed by atoms with E-state index in [1.54, 1.807) is 72.9 Å². The number of fused-ring (bicyclic) bond motifs is 2. The molecule has 0 spiro atoms. The molecule has 1 aliphatic rings. The highest BCUT2D eigenvalue weighted by Gasteiger charge is 2.47. The Bertz CT molecular complexity index is 4800. The van der Waals surface area contributed by atoms with Crippen LogP contribution in [-0.4, -0.2) is 242 Å². The van der Waals surface area contributed by atoms with Crippen molar-refractivity contribution < 1.29 is 96.5 Å². The van der Waals surface area contributed by atoms with Crippen molar-refractivity contribution in [2.45, 2.75) is 246 Å². The van der Waals surface area contributed by atoms with E-state index in [-0.39, 0.29) is 103 Å². The van der Waals surface area contributed by atoms with Crippen LogP contribution >= 0.6 is 21.6 Å². The van der Waals surface area contributed by atoms with E-state index in [4.69, 9.17) is 39.1 Å². The van der Waals surface area contributed by atoms with E-state index >= 15 is 28.8 Å². The number of carbonyl (C=O) groups excluding carboxylic acids is 17. The largest absolute Gasteiger partial charge is 0.492 e. The van der Waals surface area contributed by atoms with Gasteiger partial charge in [-0.2, -0.15) is 0 Å². The van der Waals surface area contributed by atoms with Crippen molar-refractivity contribution in [1.29, 1.82) is 0 Å². The Kier molecular flexibility index (Phi) is 40.2. The van der Waals surface area contributed by atoms with Crippen molar-refractivity contribution in [2.24, 2.45) is 34.4 Å². The average molecular weight is 1820 g/mol. The molecule has 0 radical (unpaired) electrons. The van der Waals surface area contributed by atoms with Gasteiger partial charge in [0.25, 0.3) is 0 Å².